The van der Waals surface area contributed by atoms with E-state index >= 15 is 0 Å². The quantitative estimate of drug-likeness (QED) is 0.697. The van der Waals surface area contributed by atoms with Gasteiger partial charge in [0.2, 0.25) is 0 Å². The molecule has 1 aromatic rings. The Hall–Kier alpha value is -1.93. The van der Waals surface area contributed by atoms with Crippen molar-refractivity contribution in [3.63, 3.8) is 0 Å². The monoisotopic (exact) mass is 396 g/mol. The predicted octanol–water partition coefficient (Wildman–Crippen LogP) is 1.09. The molecule has 0 spiro atoms. The van der Waals surface area contributed by atoms with Gasteiger partial charge in [0.25, 0.3) is 0 Å². The number of aryl methyl sites for hydroxylation is 1. The van der Waals surface area contributed by atoms with Gasteiger partial charge in [-0.05, 0) is 30.9 Å². The molecule has 8 heteroatoms. The first-order valence-corrected chi connectivity index (χ1v) is 11.0. The van der Waals surface area contributed by atoms with Crippen LogP contribution in [0.2, 0.25) is 0 Å². The second-order valence-corrected chi connectivity index (χ2v) is 9.07. The van der Waals surface area contributed by atoms with E-state index in [1.54, 1.807) is 0 Å². The van der Waals surface area contributed by atoms with Gasteiger partial charge < -0.3 is 15.0 Å². The molecule has 0 aromatic heterocycles. The van der Waals surface area contributed by atoms with Gasteiger partial charge in [0.1, 0.15) is 0 Å². The lowest BCUT2D eigenvalue weighted by Crippen LogP contribution is -2.50. The van der Waals surface area contributed by atoms with Crippen molar-refractivity contribution in [1.82, 2.24) is 10.2 Å². The van der Waals surface area contributed by atoms with E-state index in [9.17, 15) is 18.0 Å². The molecule has 1 N–H and O–H groups in total. The molecule has 0 bridgehead atoms. The van der Waals surface area contributed by atoms with Gasteiger partial charge in [-0.3, -0.25) is 9.59 Å². The smallest absolute Gasteiger partial charge is 0.312 e. The SMILES string of the molecule is CCc1ccc(C(C)NC(=O)C(=O)N(CCOC)C2CCS(=O)(=O)C2)cc1. The van der Waals surface area contributed by atoms with Crippen LogP contribution in [-0.4, -0.2) is 62.9 Å². The average molecular weight is 397 g/mol. The van der Waals surface area contributed by atoms with Gasteiger partial charge in [0.05, 0.1) is 24.2 Å². The number of sulfone groups is 1. The van der Waals surface area contributed by atoms with E-state index in [0.29, 0.717) is 6.42 Å². The zero-order valence-corrected chi connectivity index (χ0v) is 16.9. The fourth-order valence-corrected chi connectivity index (χ4v) is 4.91. The van der Waals surface area contributed by atoms with Crippen LogP contribution in [0.15, 0.2) is 24.3 Å². The number of carbonyl (C=O) groups excluding carboxylic acids is 2. The number of nitrogens with zero attached hydrogens (tertiary/aromatic N) is 1. The number of carbonyl (C=O) groups is 2. The first-order valence-electron chi connectivity index (χ1n) is 9.17. The maximum absolute atomic E-state index is 12.7. The molecule has 2 rings (SSSR count). The molecule has 150 valence electrons. The zero-order valence-electron chi connectivity index (χ0n) is 16.1. The van der Waals surface area contributed by atoms with Gasteiger partial charge in [-0.25, -0.2) is 8.42 Å². The number of methoxy groups -OCH3 is 1. The maximum Gasteiger partial charge on any atom is 0.312 e. The largest absolute Gasteiger partial charge is 0.383 e. The number of rotatable bonds is 7. The highest BCUT2D eigenvalue weighted by Gasteiger charge is 2.36. The van der Waals surface area contributed by atoms with Crippen molar-refractivity contribution >= 4 is 21.7 Å². The fourth-order valence-electron chi connectivity index (χ4n) is 3.17. The Kier molecular flexibility index (Phi) is 7.38. The molecule has 2 unspecified atom stereocenters. The molecule has 0 saturated carbocycles. The Balaban J connectivity index is 2.05. The molecule has 0 radical (unpaired) electrons. The highest BCUT2D eigenvalue weighted by atomic mass is 32.2. The average Bonchev–Trinajstić information content (AvgIpc) is 3.01. The lowest BCUT2D eigenvalue weighted by molar-refractivity contribution is -0.147. The molecule has 1 aromatic carbocycles. The second-order valence-electron chi connectivity index (χ2n) is 6.84. The van der Waals surface area contributed by atoms with Crippen molar-refractivity contribution in [3.8, 4) is 0 Å². The van der Waals surface area contributed by atoms with Gasteiger partial charge in [-0.2, -0.15) is 0 Å². The van der Waals surface area contributed by atoms with E-state index in [4.69, 9.17) is 4.74 Å². The lowest BCUT2D eigenvalue weighted by Gasteiger charge is -2.28. The fraction of sp³-hybridized carbons (Fsp3) is 0.579. The van der Waals surface area contributed by atoms with Crippen molar-refractivity contribution in [2.75, 3.05) is 31.8 Å². The van der Waals surface area contributed by atoms with E-state index in [1.807, 2.05) is 31.2 Å². The summed E-state index contributed by atoms with van der Waals surface area (Å²) in [7, 11) is -1.67. The minimum absolute atomic E-state index is 0.0379. The van der Waals surface area contributed by atoms with Crippen LogP contribution in [0.4, 0.5) is 0 Å². The third-order valence-electron chi connectivity index (χ3n) is 4.88. The van der Waals surface area contributed by atoms with E-state index < -0.39 is 27.7 Å². The molecule has 7 nitrogen and oxygen atoms in total. The summed E-state index contributed by atoms with van der Waals surface area (Å²) >= 11 is 0. The molecule has 1 saturated heterocycles. The van der Waals surface area contributed by atoms with Gasteiger partial charge in [0, 0.05) is 19.7 Å². The molecular weight excluding hydrogens is 368 g/mol. The molecule has 1 aliphatic rings. The number of hydrogen-bond acceptors (Lipinski definition) is 5. The van der Waals surface area contributed by atoms with Crippen LogP contribution in [0.5, 0.6) is 0 Å². The molecule has 2 amide bonds. The van der Waals surface area contributed by atoms with Gasteiger partial charge >= 0.3 is 11.8 Å². The third-order valence-corrected chi connectivity index (χ3v) is 6.63. The molecule has 27 heavy (non-hydrogen) atoms. The highest BCUT2D eigenvalue weighted by molar-refractivity contribution is 7.91. The summed E-state index contributed by atoms with van der Waals surface area (Å²) in [6, 6.07) is 7.04. The normalized spacial score (nSPS) is 19.4. The molecule has 1 aliphatic heterocycles. The first kappa shape index (κ1) is 21.4. The van der Waals surface area contributed by atoms with Crippen molar-refractivity contribution in [1.29, 1.82) is 0 Å². The molecule has 1 fully saturated rings. The Morgan fingerprint density at radius 1 is 1.30 bits per heavy atom. The Morgan fingerprint density at radius 3 is 2.48 bits per heavy atom. The summed E-state index contributed by atoms with van der Waals surface area (Å²) in [4.78, 5) is 26.5. The summed E-state index contributed by atoms with van der Waals surface area (Å²) < 4.78 is 28.5. The number of nitrogens with one attached hydrogen (secondary N) is 1. The first-order chi connectivity index (χ1) is 12.8. The minimum atomic E-state index is -3.16. The molecule has 0 aliphatic carbocycles. The van der Waals surface area contributed by atoms with E-state index in [-0.39, 0.29) is 30.7 Å². The van der Waals surface area contributed by atoms with Crippen LogP contribution in [-0.2, 0) is 30.6 Å². The minimum Gasteiger partial charge on any atom is -0.383 e. The summed E-state index contributed by atoms with van der Waals surface area (Å²) in [6.45, 7) is 4.30. The molecule has 1 heterocycles. The summed E-state index contributed by atoms with van der Waals surface area (Å²) in [5.74, 6) is -1.52. The number of benzene rings is 1. The van der Waals surface area contributed by atoms with Crippen LogP contribution in [0.1, 0.15) is 37.4 Å². The van der Waals surface area contributed by atoms with Crippen LogP contribution < -0.4 is 5.32 Å². The Bertz CT molecular complexity index is 761. The van der Waals surface area contributed by atoms with Crippen molar-refractivity contribution in [2.24, 2.45) is 0 Å². The standard InChI is InChI=1S/C19H28N2O5S/c1-4-15-5-7-16(8-6-15)14(2)20-18(22)19(23)21(10-11-26-3)17-9-12-27(24,25)13-17/h5-8,14,17H,4,9-13H2,1-3H3,(H,20,22). The maximum atomic E-state index is 12.7. The van der Waals surface area contributed by atoms with Gasteiger partial charge in [0.15, 0.2) is 9.84 Å². The number of amides is 2. The Morgan fingerprint density at radius 2 is 1.96 bits per heavy atom. The Labute approximate surface area is 161 Å². The topological polar surface area (TPSA) is 92.8 Å². The summed E-state index contributed by atoms with van der Waals surface area (Å²) in [5.41, 5.74) is 2.10. The van der Waals surface area contributed by atoms with Crippen molar-refractivity contribution < 1.29 is 22.7 Å². The van der Waals surface area contributed by atoms with Crippen molar-refractivity contribution in [2.45, 2.75) is 38.8 Å². The lowest BCUT2D eigenvalue weighted by atomic mass is 10.0. The highest BCUT2D eigenvalue weighted by Crippen LogP contribution is 2.19. The van der Waals surface area contributed by atoms with E-state index in [1.165, 1.54) is 17.6 Å². The summed E-state index contributed by atoms with van der Waals surface area (Å²) in [6.07, 6.45) is 1.28. The van der Waals surface area contributed by atoms with Crippen LogP contribution >= 0.6 is 0 Å². The predicted molar refractivity (Wildman–Crippen MR) is 103 cm³/mol. The van der Waals surface area contributed by atoms with Crippen molar-refractivity contribution in [3.05, 3.63) is 35.4 Å². The van der Waals surface area contributed by atoms with Crippen LogP contribution in [0, 0.1) is 0 Å². The van der Waals surface area contributed by atoms with Crippen LogP contribution in [0.25, 0.3) is 0 Å². The number of ether oxygens (including phenoxy) is 1. The van der Waals surface area contributed by atoms with E-state index in [2.05, 4.69) is 12.2 Å². The molecule has 2 atom stereocenters. The zero-order chi connectivity index (χ0) is 20.0. The van der Waals surface area contributed by atoms with Gasteiger partial charge in [-0.1, -0.05) is 31.2 Å². The second kappa shape index (κ2) is 9.32. The number of hydrogen-bond donors (Lipinski definition) is 1. The van der Waals surface area contributed by atoms with Crippen LogP contribution in [0.3, 0.4) is 0 Å². The van der Waals surface area contributed by atoms with E-state index in [0.717, 1.165) is 12.0 Å². The molecular formula is C19H28N2O5S. The summed E-state index contributed by atoms with van der Waals surface area (Å²) in [5, 5.41) is 2.71. The van der Waals surface area contributed by atoms with Gasteiger partial charge in [-0.15, -0.1) is 0 Å². The third kappa shape index (κ3) is 5.77.